The van der Waals surface area contributed by atoms with Crippen LogP contribution in [0.15, 0.2) is 24.3 Å². The van der Waals surface area contributed by atoms with E-state index in [4.69, 9.17) is 4.74 Å². The predicted molar refractivity (Wildman–Crippen MR) is 154 cm³/mol. The summed E-state index contributed by atoms with van der Waals surface area (Å²) < 4.78 is 5.56. The van der Waals surface area contributed by atoms with E-state index in [-0.39, 0.29) is 35.7 Å². The Balaban J connectivity index is 1.15. The molecule has 8 nitrogen and oxygen atoms in total. The first-order chi connectivity index (χ1) is 18.9. The second-order valence-corrected chi connectivity index (χ2v) is 12.5. The zero-order valence-corrected chi connectivity index (χ0v) is 23.8. The van der Waals surface area contributed by atoms with E-state index in [0.717, 1.165) is 95.0 Å². The fourth-order valence-electron chi connectivity index (χ4n) is 7.57. The van der Waals surface area contributed by atoms with Crippen LogP contribution >= 0.6 is 0 Å². The zero-order chi connectivity index (χ0) is 27.1. The average Bonchev–Trinajstić information content (AvgIpc) is 3.42. The van der Waals surface area contributed by atoms with E-state index in [2.05, 4.69) is 65.6 Å². The third-order valence-electron chi connectivity index (χ3n) is 10.1. The number of hydrogen-bond acceptors (Lipinski definition) is 6. The molecule has 4 saturated heterocycles. The first-order valence-corrected chi connectivity index (χ1v) is 15.1. The largest absolute Gasteiger partial charge is 0.381 e. The van der Waals surface area contributed by atoms with Crippen LogP contribution in [0, 0.1) is 11.8 Å². The van der Waals surface area contributed by atoms with E-state index in [1.54, 1.807) is 0 Å². The van der Waals surface area contributed by atoms with Crippen LogP contribution in [-0.2, 0) is 14.3 Å². The smallest absolute Gasteiger partial charge is 0.256 e. The zero-order valence-electron chi connectivity index (χ0n) is 23.8. The molecule has 0 saturated carbocycles. The SMILES string of the molecule is CC1NC(/C=C2\C(=O)Nc3ccc(C4CCN(C5CCOCC5)CC4)cc32)C(C)C1C(=O)N1CCN(C)CC1. The van der Waals surface area contributed by atoms with Gasteiger partial charge in [-0.25, -0.2) is 0 Å². The Morgan fingerprint density at radius 2 is 1.72 bits per heavy atom. The van der Waals surface area contributed by atoms with Crippen LogP contribution in [0.3, 0.4) is 0 Å². The number of carbonyl (C=O) groups is 2. The number of anilines is 1. The van der Waals surface area contributed by atoms with Gasteiger partial charge in [0.05, 0.1) is 5.92 Å². The van der Waals surface area contributed by atoms with Crippen LogP contribution in [0.5, 0.6) is 0 Å². The number of fused-ring (bicyclic) bond motifs is 1. The lowest BCUT2D eigenvalue weighted by Gasteiger charge is -2.39. The summed E-state index contributed by atoms with van der Waals surface area (Å²) >= 11 is 0. The van der Waals surface area contributed by atoms with Gasteiger partial charge in [-0.05, 0) is 82.3 Å². The molecule has 0 spiro atoms. The summed E-state index contributed by atoms with van der Waals surface area (Å²) in [7, 11) is 2.11. The molecule has 2 amide bonds. The molecule has 6 rings (SSSR count). The maximum atomic E-state index is 13.5. The number of likely N-dealkylation sites (N-methyl/N-ethyl adjacent to an activating group) is 1. The predicted octanol–water partition coefficient (Wildman–Crippen LogP) is 2.77. The fraction of sp³-hybridized carbons (Fsp3) is 0.677. The van der Waals surface area contributed by atoms with Crippen LogP contribution in [0.1, 0.15) is 56.6 Å². The normalized spacial score (nSPS) is 32.5. The monoisotopic (exact) mass is 535 g/mol. The molecule has 0 radical (unpaired) electrons. The molecule has 1 aromatic rings. The molecule has 8 heteroatoms. The third-order valence-corrected chi connectivity index (χ3v) is 10.1. The summed E-state index contributed by atoms with van der Waals surface area (Å²) in [6.45, 7) is 11.8. The highest BCUT2D eigenvalue weighted by Gasteiger charge is 2.44. The van der Waals surface area contributed by atoms with Gasteiger partial charge >= 0.3 is 0 Å². The number of likely N-dealkylation sites (tertiary alicyclic amines) is 1. The van der Waals surface area contributed by atoms with Crippen molar-refractivity contribution in [1.29, 1.82) is 0 Å². The van der Waals surface area contributed by atoms with E-state index < -0.39 is 0 Å². The number of piperazine rings is 1. The summed E-state index contributed by atoms with van der Waals surface area (Å²) in [5.41, 5.74) is 4.00. The van der Waals surface area contributed by atoms with Crippen molar-refractivity contribution in [2.24, 2.45) is 11.8 Å². The summed E-state index contributed by atoms with van der Waals surface area (Å²) in [6, 6.07) is 7.28. The molecule has 4 fully saturated rings. The lowest BCUT2D eigenvalue weighted by molar-refractivity contribution is -0.138. The third kappa shape index (κ3) is 5.41. The van der Waals surface area contributed by atoms with Crippen LogP contribution in [-0.4, -0.2) is 104 Å². The first-order valence-electron chi connectivity index (χ1n) is 15.1. The summed E-state index contributed by atoms with van der Waals surface area (Å²) in [5.74, 6) is 0.785. The molecular formula is C31H45N5O3. The van der Waals surface area contributed by atoms with Crippen molar-refractivity contribution >= 4 is 23.1 Å². The highest BCUT2D eigenvalue weighted by atomic mass is 16.5. The van der Waals surface area contributed by atoms with Gasteiger partial charge in [-0.2, -0.15) is 0 Å². The minimum absolute atomic E-state index is 0.0144. The molecule has 0 bridgehead atoms. The van der Waals surface area contributed by atoms with E-state index >= 15 is 0 Å². The topological polar surface area (TPSA) is 77.2 Å². The van der Waals surface area contributed by atoms with Gasteiger partial charge in [0, 0.05) is 74.3 Å². The molecule has 212 valence electrons. The lowest BCUT2D eigenvalue weighted by Crippen LogP contribution is -2.51. The fourth-order valence-corrected chi connectivity index (χ4v) is 7.57. The number of piperidine rings is 1. The summed E-state index contributed by atoms with van der Waals surface area (Å²) in [4.78, 5) is 33.5. The van der Waals surface area contributed by atoms with Crippen molar-refractivity contribution in [2.75, 3.05) is 64.8 Å². The number of hydrogen-bond donors (Lipinski definition) is 2. The van der Waals surface area contributed by atoms with Crippen molar-refractivity contribution in [1.82, 2.24) is 20.0 Å². The van der Waals surface area contributed by atoms with Crippen LogP contribution < -0.4 is 10.6 Å². The Morgan fingerprint density at radius 1 is 1.00 bits per heavy atom. The lowest BCUT2D eigenvalue weighted by atomic mass is 9.85. The van der Waals surface area contributed by atoms with Gasteiger partial charge in [0.15, 0.2) is 0 Å². The standard InChI is InChI=1S/C31H45N5O3/c1-20-28(32-21(2)29(20)31(38)36-14-12-34(3)13-15-36)19-26-25-18-23(4-5-27(25)33-30(26)37)22-6-10-35(11-7-22)24-8-16-39-17-9-24/h4-5,18-22,24,28-29,32H,6-17H2,1-3H3,(H,33,37)/b26-19-. The molecular weight excluding hydrogens is 490 g/mol. The van der Waals surface area contributed by atoms with Crippen molar-refractivity contribution in [3.8, 4) is 0 Å². The van der Waals surface area contributed by atoms with E-state index in [1.165, 1.54) is 5.56 Å². The molecule has 2 N–H and O–H groups in total. The molecule has 1 aromatic carbocycles. The van der Waals surface area contributed by atoms with Gasteiger partial charge in [0.2, 0.25) is 5.91 Å². The second-order valence-electron chi connectivity index (χ2n) is 12.5. The first kappa shape index (κ1) is 26.9. The number of carbonyl (C=O) groups excluding carboxylic acids is 2. The number of rotatable bonds is 4. The minimum atomic E-state index is -0.0774. The highest BCUT2D eigenvalue weighted by molar-refractivity contribution is 6.31. The van der Waals surface area contributed by atoms with Crippen molar-refractivity contribution < 1.29 is 14.3 Å². The van der Waals surface area contributed by atoms with E-state index in [1.807, 2.05) is 4.90 Å². The van der Waals surface area contributed by atoms with Crippen molar-refractivity contribution in [2.45, 2.75) is 63.6 Å². The van der Waals surface area contributed by atoms with Gasteiger partial charge in [0.1, 0.15) is 0 Å². The Bertz CT molecular complexity index is 1100. The molecule has 5 aliphatic rings. The number of nitrogens with one attached hydrogen (secondary N) is 2. The molecule has 0 aromatic heterocycles. The van der Waals surface area contributed by atoms with E-state index in [0.29, 0.717) is 12.0 Å². The maximum absolute atomic E-state index is 13.5. The Labute approximate surface area is 233 Å². The Hall–Kier alpha value is -2.26. The van der Waals surface area contributed by atoms with Gasteiger partial charge in [0.25, 0.3) is 5.91 Å². The van der Waals surface area contributed by atoms with Gasteiger partial charge in [-0.15, -0.1) is 0 Å². The molecule has 0 aliphatic carbocycles. The van der Waals surface area contributed by atoms with Gasteiger partial charge in [-0.1, -0.05) is 19.1 Å². The van der Waals surface area contributed by atoms with Crippen LogP contribution in [0.25, 0.3) is 5.57 Å². The van der Waals surface area contributed by atoms with Crippen molar-refractivity contribution in [3.05, 3.63) is 35.4 Å². The molecule has 39 heavy (non-hydrogen) atoms. The maximum Gasteiger partial charge on any atom is 0.256 e. The number of nitrogens with zero attached hydrogens (tertiary/aromatic N) is 3. The van der Waals surface area contributed by atoms with Gasteiger partial charge < -0.3 is 30.1 Å². The quantitative estimate of drug-likeness (QED) is 0.578. The number of benzene rings is 1. The number of amides is 2. The minimum Gasteiger partial charge on any atom is -0.381 e. The van der Waals surface area contributed by atoms with Crippen molar-refractivity contribution in [3.63, 3.8) is 0 Å². The summed E-state index contributed by atoms with van der Waals surface area (Å²) in [6.07, 6.45) is 6.72. The van der Waals surface area contributed by atoms with Gasteiger partial charge in [-0.3, -0.25) is 9.59 Å². The van der Waals surface area contributed by atoms with E-state index in [9.17, 15) is 9.59 Å². The molecule has 4 unspecified atom stereocenters. The summed E-state index contributed by atoms with van der Waals surface area (Å²) in [5, 5.41) is 6.73. The van der Waals surface area contributed by atoms with Crippen LogP contribution in [0.4, 0.5) is 5.69 Å². The van der Waals surface area contributed by atoms with Crippen LogP contribution in [0.2, 0.25) is 0 Å². The Morgan fingerprint density at radius 3 is 2.44 bits per heavy atom. The second kappa shape index (κ2) is 11.3. The highest BCUT2D eigenvalue weighted by Crippen LogP contribution is 2.39. The Kier molecular flexibility index (Phi) is 7.82. The molecule has 5 aliphatic heterocycles. The average molecular weight is 536 g/mol. The molecule has 4 atom stereocenters. The number of ether oxygens (including phenoxy) is 1. The molecule has 5 heterocycles.